The molecule has 4 rings (SSSR count). The molecule has 0 aliphatic carbocycles. The summed E-state index contributed by atoms with van der Waals surface area (Å²) in [7, 11) is -4.27. The first kappa shape index (κ1) is 22.0. The topological polar surface area (TPSA) is 124 Å². The lowest BCUT2D eigenvalue weighted by atomic mass is 10.1. The van der Waals surface area contributed by atoms with Gasteiger partial charge >= 0.3 is 5.69 Å². The van der Waals surface area contributed by atoms with Gasteiger partial charge in [-0.2, -0.15) is 14.3 Å². The number of halogens is 3. The van der Waals surface area contributed by atoms with E-state index in [1.54, 1.807) is 0 Å². The minimum Gasteiger partial charge on any atom is -0.267 e. The zero-order chi connectivity index (χ0) is 23.9. The molecule has 4 aromatic rings. The molecule has 0 radical (unpaired) electrons. The molecule has 0 atom stereocenters. The highest BCUT2D eigenvalue weighted by atomic mass is 32.2. The van der Waals surface area contributed by atoms with Gasteiger partial charge in [-0.25, -0.2) is 22.6 Å². The third-order valence-electron chi connectivity index (χ3n) is 4.62. The number of benzene rings is 3. The molecule has 3 aromatic carbocycles. The number of nitrogens with one attached hydrogen (secondary N) is 1. The minimum atomic E-state index is -4.27. The van der Waals surface area contributed by atoms with Gasteiger partial charge in [0.2, 0.25) is 15.7 Å². The zero-order valence-corrected chi connectivity index (χ0v) is 17.0. The number of amides is 1. The van der Waals surface area contributed by atoms with E-state index in [0.717, 1.165) is 29.1 Å². The summed E-state index contributed by atoms with van der Waals surface area (Å²) in [6.07, 6.45) is 1.20. The van der Waals surface area contributed by atoms with Gasteiger partial charge in [-0.3, -0.25) is 14.9 Å². The van der Waals surface area contributed by atoms with Crippen LogP contribution in [0, 0.1) is 27.6 Å². The molecular weight excluding hydrogens is 465 g/mol. The summed E-state index contributed by atoms with van der Waals surface area (Å²) in [5.74, 6) is -4.34. The van der Waals surface area contributed by atoms with E-state index in [-0.39, 0.29) is 15.8 Å². The minimum absolute atomic E-state index is 0.201. The Morgan fingerprint density at radius 1 is 1.00 bits per heavy atom. The summed E-state index contributed by atoms with van der Waals surface area (Å²) in [5.41, 5.74) is 0.899. The Kier molecular flexibility index (Phi) is 5.33. The number of nitro benzene ring substituents is 1. The first-order chi connectivity index (χ1) is 15.6. The van der Waals surface area contributed by atoms with Crippen molar-refractivity contribution >= 4 is 32.3 Å². The van der Waals surface area contributed by atoms with Crippen molar-refractivity contribution in [3.63, 3.8) is 0 Å². The van der Waals surface area contributed by atoms with Gasteiger partial charge < -0.3 is 0 Å². The molecule has 1 heterocycles. The molecule has 168 valence electrons. The number of sulfone groups is 1. The summed E-state index contributed by atoms with van der Waals surface area (Å²) in [5, 5.41) is 15.2. The van der Waals surface area contributed by atoms with Crippen molar-refractivity contribution in [2.75, 3.05) is 5.43 Å². The number of para-hydroxylation sites is 1. The van der Waals surface area contributed by atoms with Gasteiger partial charge in [0.25, 0.3) is 5.91 Å². The van der Waals surface area contributed by atoms with Crippen LogP contribution in [-0.2, 0) is 9.84 Å². The molecule has 0 spiro atoms. The van der Waals surface area contributed by atoms with Gasteiger partial charge in [-0.1, -0.05) is 6.07 Å². The van der Waals surface area contributed by atoms with E-state index in [1.165, 1.54) is 18.3 Å². The number of aromatic nitrogens is 2. The fraction of sp³-hybridized carbons (Fsp3) is 0. The van der Waals surface area contributed by atoms with E-state index in [1.807, 2.05) is 0 Å². The summed E-state index contributed by atoms with van der Waals surface area (Å²) < 4.78 is 66.2. The van der Waals surface area contributed by atoms with E-state index in [9.17, 15) is 36.5 Å². The van der Waals surface area contributed by atoms with Crippen molar-refractivity contribution in [3.05, 3.63) is 93.9 Å². The molecule has 13 heteroatoms. The summed E-state index contributed by atoms with van der Waals surface area (Å²) in [4.78, 5) is 22.6. The lowest BCUT2D eigenvalue weighted by Crippen LogP contribution is -2.24. The number of rotatable bonds is 5. The van der Waals surface area contributed by atoms with Gasteiger partial charge in [0, 0.05) is 11.5 Å². The highest BCUT2D eigenvalue weighted by Crippen LogP contribution is 2.26. The van der Waals surface area contributed by atoms with E-state index in [0.29, 0.717) is 18.2 Å². The Bertz CT molecular complexity index is 1530. The van der Waals surface area contributed by atoms with Crippen LogP contribution >= 0.6 is 0 Å². The summed E-state index contributed by atoms with van der Waals surface area (Å²) >= 11 is 0. The summed E-state index contributed by atoms with van der Waals surface area (Å²) in [6, 6.07) is 8.50. The molecule has 0 aliphatic heterocycles. The molecule has 0 bridgehead atoms. The normalized spacial score (nSPS) is 11.5. The van der Waals surface area contributed by atoms with Crippen molar-refractivity contribution in [2.45, 2.75) is 9.79 Å². The smallest absolute Gasteiger partial charge is 0.267 e. The van der Waals surface area contributed by atoms with Crippen LogP contribution in [0.4, 0.5) is 18.9 Å². The molecule has 33 heavy (non-hydrogen) atoms. The first-order valence-electron chi connectivity index (χ1n) is 9.01. The predicted molar refractivity (Wildman–Crippen MR) is 108 cm³/mol. The molecule has 0 aliphatic rings. The Morgan fingerprint density at radius 3 is 2.36 bits per heavy atom. The van der Waals surface area contributed by atoms with Crippen LogP contribution in [0.5, 0.6) is 0 Å². The standard InChI is InChI=1S/C20H11F3N4O5S/c21-12-7-13(22)9-15(8-12)33(31,32)14-4-5-18-11(6-14)10-24-26(18)25-20(28)16-2-1-3-17(23)19(16)27(29)30/h1-10H,(H,25,28). The molecule has 1 aromatic heterocycles. The zero-order valence-electron chi connectivity index (χ0n) is 16.2. The Labute approximate surface area is 183 Å². The van der Waals surface area contributed by atoms with Gasteiger partial charge in [-0.05, 0) is 42.5 Å². The largest absolute Gasteiger partial charge is 0.317 e. The number of hydrogen-bond acceptors (Lipinski definition) is 6. The van der Waals surface area contributed by atoms with Crippen LogP contribution in [0.15, 0.2) is 70.6 Å². The van der Waals surface area contributed by atoms with Crippen LogP contribution in [0.1, 0.15) is 10.4 Å². The third kappa shape index (κ3) is 4.01. The third-order valence-corrected chi connectivity index (χ3v) is 6.35. The van der Waals surface area contributed by atoms with Crippen LogP contribution in [0.2, 0.25) is 0 Å². The quantitative estimate of drug-likeness (QED) is 0.347. The number of nitrogens with zero attached hydrogens (tertiary/aromatic N) is 3. The highest BCUT2D eigenvalue weighted by Gasteiger charge is 2.26. The fourth-order valence-corrected chi connectivity index (χ4v) is 4.46. The average molecular weight is 476 g/mol. The average Bonchev–Trinajstić information content (AvgIpc) is 3.14. The molecule has 0 saturated carbocycles. The van der Waals surface area contributed by atoms with Gasteiger partial charge in [0.05, 0.1) is 26.4 Å². The summed E-state index contributed by atoms with van der Waals surface area (Å²) in [6.45, 7) is 0. The molecule has 9 nitrogen and oxygen atoms in total. The predicted octanol–water partition coefficient (Wildman–Crippen LogP) is 3.58. The molecular formula is C20H11F3N4O5S. The molecule has 0 unspecified atom stereocenters. The maximum absolute atomic E-state index is 13.8. The maximum Gasteiger partial charge on any atom is 0.317 e. The lowest BCUT2D eigenvalue weighted by Gasteiger charge is -2.08. The number of carbonyl (C=O) groups is 1. The molecule has 1 amide bonds. The van der Waals surface area contributed by atoms with Crippen molar-refractivity contribution in [1.29, 1.82) is 0 Å². The Morgan fingerprint density at radius 2 is 1.70 bits per heavy atom. The van der Waals surface area contributed by atoms with E-state index < -0.39 is 54.3 Å². The fourth-order valence-electron chi connectivity index (χ4n) is 3.13. The Hall–Kier alpha value is -4.26. The van der Waals surface area contributed by atoms with Crippen molar-refractivity contribution in [3.8, 4) is 0 Å². The van der Waals surface area contributed by atoms with Crippen LogP contribution in [0.25, 0.3) is 10.9 Å². The second-order valence-corrected chi connectivity index (χ2v) is 8.67. The SMILES string of the molecule is O=C(Nn1ncc2cc(S(=O)(=O)c3cc(F)cc(F)c3)ccc21)c1cccc(F)c1[N+](=O)[O-]. The van der Waals surface area contributed by atoms with Crippen LogP contribution in [-0.4, -0.2) is 29.1 Å². The maximum atomic E-state index is 13.8. The van der Waals surface area contributed by atoms with Crippen molar-refractivity contribution in [2.24, 2.45) is 0 Å². The van der Waals surface area contributed by atoms with Crippen molar-refractivity contribution in [1.82, 2.24) is 9.89 Å². The number of hydrogen-bond donors (Lipinski definition) is 1. The van der Waals surface area contributed by atoms with Crippen LogP contribution < -0.4 is 5.43 Å². The second-order valence-electron chi connectivity index (χ2n) is 6.72. The van der Waals surface area contributed by atoms with E-state index in [4.69, 9.17) is 0 Å². The Balaban J connectivity index is 1.69. The first-order valence-corrected chi connectivity index (χ1v) is 10.5. The number of nitro groups is 1. The number of carbonyl (C=O) groups excluding carboxylic acids is 1. The highest BCUT2D eigenvalue weighted by molar-refractivity contribution is 7.91. The van der Waals surface area contributed by atoms with Crippen molar-refractivity contribution < 1.29 is 31.3 Å². The number of fused-ring (bicyclic) bond motifs is 1. The van der Waals surface area contributed by atoms with E-state index in [2.05, 4.69) is 10.5 Å². The lowest BCUT2D eigenvalue weighted by molar-refractivity contribution is -0.387. The molecule has 1 N–H and O–H groups in total. The molecule has 0 fully saturated rings. The monoisotopic (exact) mass is 476 g/mol. The van der Waals surface area contributed by atoms with Gasteiger partial charge in [-0.15, -0.1) is 0 Å². The van der Waals surface area contributed by atoms with E-state index >= 15 is 0 Å². The van der Waals surface area contributed by atoms with Gasteiger partial charge in [0.1, 0.15) is 17.2 Å². The molecule has 0 saturated heterocycles. The van der Waals surface area contributed by atoms with Crippen LogP contribution in [0.3, 0.4) is 0 Å². The van der Waals surface area contributed by atoms with Gasteiger partial charge in [0.15, 0.2) is 0 Å². The second kappa shape index (κ2) is 8.02.